The van der Waals surface area contributed by atoms with E-state index in [4.69, 9.17) is 10.8 Å². The van der Waals surface area contributed by atoms with E-state index in [1.54, 1.807) is 0 Å². The van der Waals surface area contributed by atoms with Crippen molar-refractivity contribution in [3.05, 3.63) is 42.9 Å². The van der Waals surface area contributed by atoms with E-state index < -0.39 is 16.9 Å². The van der Waals surface area contributed by atoms with Crippen LogP contribution in [-0.2, 0) is 6.42 Å². The lowest BCUT2D eigenvalue weighted by Crippen LogP contribution is -2.24. The number of fused-ring (bicyclic) bond motifs is 1. The summed E-state index contributed by atoms with van der Waals surface area (Å²) in [5.41, 5.74) is -1.39. The van der Waals surface area contributed by atoms with Gasteiger partial charge in [-0.3, -0.25) is 14.8 Å². The van der Waals surface area contributed by atoms with E-state index in [9.17, 15) is 14.4 Å². The third kappa shape index (κ3) is 2.83. The van der Waals surface area contributed by atoms with E-state index in [1.165, 1.54) is 6.07 Å². The molecule has 2 aromatic heterocycles. The molecule has 0 amide bonds. The molecule has 2 heterocycles. The molecule has 0 radical (unpaired) electrons. The van der Waals surface area contributed by atoms with Crippen LogP contribution in [0.4, 0.5) is 0 Å². The van der Waals surface area contributed by atoms with Crippen LogP contribution in [0.25, 0.3) is 11.1 Å². The van der Waals surface area contributed by atoms with Gasteiger partial charge < -0.3 is 4.42 Å². The van der Waals surface area contributed by atoms with Gasteiger partial charge >= 0.3 is 11.3 Å². The predicted molar refractivity (Wildman–Crippen MR) is 70.1 cm³/mol. The molecule has 98 valence electrons. The van der Waals surface area contributed by atoms with Crippen LogP contribution in [0.5, 0.6) is 0 Å². The van der Waals surface area contributed by atoms with Crippen molar-refractivity contribution in [1.82, 2.24) is 9.97 Å². The molecule has 19 heavy (non-hydrogen) atoms. The summed E-state index contributed by atoms with van der Waals surface area (Å²) in [5, 5.41) is 0.208. The van der Waals surface area contributed by atoms with Crippen molar-refractivity contribution in [3.8, 4) is 12.3 Å². The molecule has 0 bridgehead atoms. The van der Waals surface area contributed by atoms with Gasteiger partial charge in [0.05, 0.1) is 0 Å². The highest BCUT2D eigenvalue weighted by molar-refractivity contribution is 5.75. The van der Waals surface area contributed by atoms with Crippen molar-refractivity contribution in [2.24, 2.45) is 0 Å². The average molecular weight is 260 g/mol. The monoisotopic (exact) mass is 260 g/mol. The van der Waals surface area contributed by atoms with Crippen LogP contribution in [0.3, 0.4) is 0 Å². The summed E-state index contributed by atoms with van der Waals surface area (Å²) in [6.07, 6.45) is 7.88. The van der Waals surface area contributed by atoms with Gasteiger partial charge in [-0.2, -0.15) is 0 Å². The number of H-pyrrole nitrogens is 2. The zero-order chi connectivity index (χ0) is 13.8. The van der Waals surface area contributed by atoms with Crippen LogP contribution in [0.1, 0.15) is 24.8 Å². The summed E-state index contributed by atoms with van der Waals surface area (Å²) < 4.78 is 4.83. The maximum atomic E-state index is 11.8. The van der Waals surface area contributed by atoms with Gasteiger partial charge in [-0.05, 0) is 24.8 Å². The summed E-state index contributed by atoms with van der Waals surface area (Å²) in [6.45, 7) is 0. The van der Waals surface area contributed by atoms with Crippen molar-refractivity contribution >= 4 is 11.1 Å². The fourth-order valence-corrected chi connectivity index (χ4v) is 1.92. The minimum Gasteiger partial charge on any atom is -0.405 e. The van der Waals surface area contributed by atoms with Crippen LogP contribution in [0.2, 0.25) is 0 Å². The standard InChI is InChI=1S/C13H12N2O4/c1-2-3-4-5-6-8-7-9(16)19-12-10(8)11(17)14-13(18)15-12/h1,7H,3-6H2,(H2,14,15,17,18). The van der Waals surface area contributed by atoms with E-state index in [-0.39, 0.29) is 11.1 Å². The Hall–Kier alpha value is -2.55. The Balaban J connectivity index is 2.48. The Morgan fingerprint density at radius 2 is 2.00 bits per heavy atom. The predicted octanol–water partition coefficient (Wildman–Crippen LogP) is 0.516. The molecule has 0 saturated carbocycles. The third-order valence-corrected chi connectivity index (χ3v) is 2.74. The molecule has 2 rings (SSSR count). The lowest BCUT2D eigenvalue weighted by Gasteiger charge is -2.03. The number of terminal acetylenes is 1. The molecule has 0 aliphatic heterocycles. The first-order valence-corrected chi connectivity index (χ1v) is 5.84. The summed E-state index contributed by atoms with van der Waals surface area (Å²) in [7, 11) is 0. The van der Waals surface area contributed by atoms with Crippen LogP contribution < -0.4 is 16.9 Å². The van der Waals surface area contributed by atoms with Crippen LogP contribution >= 0.6 is 0 Å². The SMILES string of the molecule is C#CCCCCc1cc(=O)oc2[nH]c(=O)[nH]c(=O)c12. The van der Waals surface area contributed by atoms with Crippen molar-refractivity contribution in [1.29, 1.82) is 0 Å². The van der Waals surface area contributed by atoms with Gasteiger partial charge in [0, 0.05) is 12.5 Å². The Morgan fingerprint density at radius 1 is 1.21 bits per heavy atom. The summed E-state index contributed by atoms with van der Waals surface area (Å²) >= 11 is 0. The normalized spacial score (nSPS) is 10.5. The fraction of sp³-hybridized carbons (Fsp3) is 0.308. The summed E-state index contributed by atoms with van der Waals surface area (Å²) in [5.74, 6) is 2.53. The second-order valence-electron chi connectivity index (χ2n) is 4.11. The highest BCUT2D eigenvalue weighted by Crippen LogP contribution is 2.12. The fourth-order valence-electron chi connectivity index (χ4n) is 1.92. The molecule has 6 nitrogen and oxygen atoms in total. The Bertz CT molecular complexity index is 799. The van der Waals surface area contributed by atoms with Crippen molar-refractivity contribution < 1.29 is 4.42 Å². The molecule has 0 spiro atoms. The topological polar surface area (TPSA) is 95.9 Å². The maximum Gasteiger partial charge on any atom is 0.337 e. The molecule has 6 heteroatoms. The minimum atomic E-state index is -0.704. The smallest absolute Gasteiger partial charge is 0.337 e. The first-order valence-electron chi connectivity index (χ1n) is 5.84. The van der Waals surface area contributed by atoms with Crippen molar-refractivity contribution in [2.75, 3.05) is 0 Å². The number of unbranched alkanes of at least 4 members (excludes halogenated alkanes) is 2. The first-order chi connectivity index (χ1) is 9.11. The molecular formula is C13H12N2O4. The van der Waals surface area contributed by atoms with Gasteiger partial charge in [-0.15, -0.1) is 12.3 Å². The number of hydrogen-bond acceptors (Lipinski definition) is 4. The Kier molecular flexibility index (Phi) is 3.66. The lowest BCUT2D eigenvalue weighted by atomic mass is 10.1. The van der Waals surface area contributed by atoms with E-state index in [2.05, 4.69) is 15.9 Å². The highest BCUT2D eigenvalue weighted by Gasteiger charge is 2.10. The van der Waals surface area contributed by atoms with E-state index in [1.807, 2.05) is 0 Å². The molecule has 2 aromatic rings. The maximum absolute atomic E-state index is 11.8. The van der Waals surface area contributed by atoms with Crippen LogP contribution in [0, 0.1) is 12.3 Å². The lowest BCUT2D eigenvalue weighted by molar-refractivity contribution is 0.543. The minimum absolute atomic E-state index is 0.0896. The second kappa shape index (κ2) is 5.40. The first kappa shape index (κ1) is 12.9. The number of rotatable bonds is 4. The van der Waals surface area contributed by atoms with Gasteiger partial charge in [-0.1, -0.05) is 0 Å². The molecular weight excluding hydrogens is 248 g/mol. The quantitative estimate of drug-likeness (QED) is 0.618. The van der Waals surface area contributed by atoms with Crippen LogP contribution in [0.15, 0.2) is 24.9 Å². The third-order valence-electron chi connectivity index (χ3n) is 2.74. The molecule has 0 saturated heterocycles. The largest absolute Gasteiger partial charge is 0.405 e. The molecule has 0 unspecified atom stereocenters. The van der Waals surface area contributed by atoms with Crippen molar-refractivity contribution in [2.45, 2.75) is 25.7 Å². The number of hydrogen-bond donors (Lipinski definition) is 2. The van der Waals surface area contributed by atoms with Gasteiger partial charge in [0.15, 0.2) is 0 Å². The number of aromatic nitrogens is 2. The number of nitrogens with one attached hydrogen (secondary N) is 2. The van der Waals surface area contributed by atoms with E-state index >= 15 is 0 Å². The van der Waals surface area contributed by atoms with Gasteiger partial charge in [0.1, 0.15) is 5.39 Å². The molecule has 0 atom stereocenters. The summed E-state index contributed by atoms with van der Waals surface area (Å²) in [4.78, 5) is 38.7. The zero-order valence-corrected chi connectivity index (χ0v) is 10.1. The molecule has 0 aromatic carbocycles. The molecule has 2 N–H and O–H groups in total. The Labute approximate surface area is 107 Å². The number of aryl methyl sites for hydroxylation is 1. The van der Waals surface area contributed by atoms with E-state index in [0.717, 1.165) is 12.8 Å². The van der Waals surface area contributed by atoms with E-state index in [0.29, 0.717) is 18.4 Å². The van der Waals surface area contributed by atoms with Crippen LogP contribution in [-0.4, -0.2) is 9.97 Å². The van der Waals surface area contributed by atoms with Crippen molar-refractivity contribution in [3.63, 3.8) is 0 Å². The highest BCUT2D eigenvalue weighted by atomic mass is 16.4. The summed E-state index contributed by atoms with van der Waals surface area (Å²) in [6, 6.07) is 1.27. The van der Waals surface area contributed by atoms with Gasteiger partial charge in [0.25, 0.3) is 5.56 Å². The number of aromatic amines is 2. The second-order valence-corrected chi connectivity index (χ2v) is 4.11. The van der Waals surface area contributed by atoms with Gasteiger partial charge in [0.2, 0.25) is 5.71 Å². The molecule has 0 fully saturated rings. The van der Waals surface area contributed by atoms with Gasteiger partial charge in [-0.25, -0.2) is 9.59 Å². The Morgan fingerprint density at radius 3 is 2.74 bits per heavy atom. The molecule has 0 aliphatic rings. The molecule has 0 aliphatic carbocycles. The zero-order valence-electron chi connectivity index (χ0n) is 10.1. The average Bonchev–Trinajstić information content (AvgIpc) is 2.33.